The van der Waals surface area contributed by atoms with E-state index in [2.05, 4.69) is 15.0 Å². The van der Waals surface area contributed by atoms with Gasteiger partial charge in [0.2, 0.25) is 5.28 Å². The van der Waals surface area contributed by atoms with E-state index in [4.69, 9.17) is 26.8 Å². The Morgan fingerprint density at radius 1 is 1.54 bits per heavy atom. The molecule has 3 atom stereocenters. The number of hydrogen-bond donors (Lipinski definition) is 2. The van der Waals surface area contributed by atoms with Crippen molar-refractivity contribution in [2.45, 2.75) is 24.9 Å². The van der Waals surface area contributed by atoms with E-state index in [-0.39, 0.29) is 24.1 Å². The monoisotopic (exact) mass is 375 g/mol. The lowest BCUT2D eigenvalue weighted by molar-refractivity contribution is -0.0551. The number of rotatable bonds is 5. The van der Waals surface area contributed by atoms with Crippen LogP contribution in [0, 0.1) is 0 Å². The Labute approximate surface area is 143 Å². The summed E-state index contributed by atoms with van der Waals surface area (Å²) in [5.41, 5.74) is 6.65. The smallest absolute Gasteiger partial charge is 0.226 e. The number of anilines is 1. The van der Waals surface area contributed by atoms with Gasteiger partial charge < -0.3 is 24.9 Å². The summed E-state index contributed by atoms with van der Waals surface area (Å²) in [7, 11) is -2.27. The predicted molar refractivity (Wildman–Crippen MR) is 89.6 cm³/mol. The summed E-state index contributed by atoms with van der Waals surface area (Å²) in [6.07, 6.45) is 0.316. The van der Waals surface area contributed by atoms with Crippen molar-refractivity contribution in [1.29, 1.82) is 0 Å². The third-order valence-corrected chi connectivity index (χ3v) is 4.59. The second kappa shape index (κ2) is 6.57. The molecule has 0 aromatic carbocycles. The lowest BCUT2D eigenvalue weighted by Gasteiger charge is -2.16. The van der Waals surface area contributed by atoms with Crippen LogP contribution < -0.4 is 5.73 Å². The van der Waals surface area contributed by atoms with E-state index in [0.29, 0.717) is 17.6 Å². The molecule has 1 fully saturated rings. The van der Waals surface area contributed by atoms with Crippen molar-refractivity contribution < 1.29 is 19.1 Å². The molecule has 0 saturated carbocycles. The van der Waals surface area contributed by atoms with Crippen LogP contribution in [0.4, 0.5) is 5.82 Å². The van der Waals surface area contributed by atoms with Gasteiger partial charge in [0, 0.05) is 6.42 Å². The zero-order valence-electron chi connectivity index (χ0n) is 13.3. The number of aromatic nitrogens is 4. The van der Waals surface area contributed by atoms with Gasteiger partial charge in [0.25, 0.3) is 0 Å². The van der Waals surface area contributed by atoms with E-state index in [9.17, 15) is 9.67 Å². The van der Waals surface area contributed by atoms with E-state index in [0.717, 1.165) is 0 Å². The fraction of sp³-hybridized carbons (Fsp3) is 0.615. The predicted octanol–water partition coefficient (Wildman–Crippen LogP) is 1.31. The van der Waals surface area contributed by atoms with Crippen molar-refractivity contribution >= 4 is 35.7 Å². The Hall–Kier alpha value is -1.25. The standard InChI is InChI=1S/C13H19ClN5O4P/c1-24(2,21)6-22-4-8-7(20)3-9(23-8)19-5-16-10-11(15)17-13(14)18-12(10)19/h5,7-9,20H,3-4,6H2,1-2H3,(H2,15,17,18)/t7-,8+,9+/m0/s1. The molecule has 3 rings (SSSR count). The van der Waals surface area contributed by atoms with E-state index in [1.54, 1.807) is 17.9 Å². The van der Waals surface area contributed by atoms with Gasteiger partial charge in [-0.1, -0.05) is 0 Å². The first-order valence-corrected chi connectivity index (χ1v) is 10.5. The fourth-order valence-corrected chi connectivity index (χ4v) is 3.26. The highest BCUT2D eigenvalue weighted by Gasteiger charge is 2.36. The lowest BCUT2D eigenvalue weighted by Crippen LogP contribution is -2.26. The molecule has 0 bridgehead atoms. The molecule has 0 radical (unpaired) electrons. The van der Waals surface area contributed by atoms with Gasteiger partial charge in [-0.15, -0.1) is 0 Å². The van der Waals surface area contributed by atoms with Crippen LogP contribution in [-0.4, -0.2) is 63.1 Å². The van der Waals surface area contributed by atoms with Crippen molar-refractivity contribution in [2.75, 3.05) is 32.0 Å². The Kier molecular flexibility index (Phi) is 4.81. The number of hydrogen-bond acceptors (Lipinski definition) is 8. The van der Waals surface area contributed by atoms with E-state index < -0.39 is 25.6 Å². The van der Waals surface area contributed by atoms with Crippen LogP contribution >= 0.6 is 18.7 Å². The molecule has 0 amide bonds. The molecule has 132 valence electrons. The third kappa shape index (κ3) is 3.70. The van der Waals surface area contributed by atoms with Gasteiger partial charge >= 0.3 is 0 Å². The number of ether oxygens (including phenoxy) is 2. The highest BCUT2D eigenvalue weighted by atomic mass is 35.5. The Bertz CT molecular complexity index is 794. The molecule has 2 aromatic rings. The number of nitrogens with two attached hydrogens (primary N) is 1. The van der Waals surface area contributed by atoms with Gasteiger partial charge in [0.1, 0.15) is 25.0 Å². The second-order valence-electron chi connectivity index (χ2n) is 6.21. The van der Waals surface area contributed by atoms with Crippen LogP contribution in [-0.2, 0) is 14.0 Å². The molecular weight excluding hydrogens is 357 g/mol. The van der Waals surface area contributed by atoms with Crippen LogP contribution in [0.2, 0.25) is 5.28 Å². The minimum absolute atomic E-state index is 0.0156. The average Bonchev–Trinajstić information content (AvgIpc) is 3.01. The number of imidazole rings is 1. The van der Waals surface area contributed by atoms with Crippen LogP contribution in [0.25, 0.3) is 11.2 Å². The number of nitrogens with zero attached hydrogens (tertiary/aromatic N) is 4. The zero-order valence-corrected chi connectivity index (χ0v) is 14.9. The molecule has 3 heterocycles. The number of fused-ring (bicyclic) bond motifs is 1. The van der Waals surface area contributed by atoms with Crippen LogP contribution in [0.3, 0.4) is 0 Å². The highest BCUT2D eigenvalue weighted by molar-refractivity contribution is 7.62. The minimum Gasteiger partial charge on any atom is -0.390 e. The number of aliphatic hydroxyl groups is 1. The molecule has 0 aliphatic carbocycles. The van der Waals surface area contributed by atoms with Gasteiger partial charge in [0.15, 0.2) is 11.5 Å². The summed E-state index contributed by atoms with van der Waals surface area (Å²) in [6.45, 7) is 3.45. The molecular formula is C13H19ClN5O4P. The van der Waals surface area contributed by atoms with E-state index >= 15 is 0 Å². The van der Waals surface area contributed by atoms with Crippen LogP contribution in [0.1, 0.15) is 12.6 Å². The maximum absolute atomic E-state index is 11.7. The highest BCUT2D eigenvalue weighted by Crippen LogP contribution is 2.36. The zero-order chi connectivity index (χ0) is 17.5. The second-order valence-corrected chi connectivity index (χ2v) is 9.95. The van der Waals surface area contributed by atoms with Crippen molar-refractivity contribution in [1.82, 2.24) is 19.5 Å². The Morgan fingerprint density at radius 2 is 2.29 bits per heavy atom. The average molecular weight is 376 g/mol. The summed E-state index contributed by atoms with van der Waals surface area (Å²) in [4.78, 5) is 12.2. The first-order chi connectivity index (χ1) is 11.2. The SMILES string of the molecule is CP(C)(=O)COC[C@H]1O[C@@H](n2cnc3c(N)nc(Cl)nc32)C[C@@H]1O. The maximum Gasteiger partial charge on any atom is 0.226 e. The summed E-state index contributed by atoms with van der Waals surface area (Å²) >= 11 is 5.85. The molecule has 3 N–H and O–H groups in total. The van der Waals surface area contributed by atoms with Gasteiger partial charge in [-0.25, -0.2) is 4.98 Å². The van der Waals surface area contributed by atoms with Crippen molar-refractivity contribution in [3.05, 3.63) is 11.6 Å². The molecule has 11 heteroatoms. The van der Waals surface area contributed by atoms with Gasteiger partial charge in [-0.3, -0.25) is 4.57 Å². The normalized spacial score (nSPS) is 24.8. The molecule has 2 aromatic heterocycles. The first kappa shape index (κ1) is 17.6. The quantitative estimate of drug-likeness (QED) is 0.591. The molecule has 9 nitrogen and oxygen atoms in total. The van der Waals surface area contributed by atoms with Gasteiger partial charge in [-0.05, 0) is 24.9 Å². The van der Waals surface area contributed by atoms with E-state index in [1.165, 1.54) is 6.33 Å². The van der Waals surface area contributed by atoms with E-state index in [1.807, 2.05) is 0 Å². The summed E-state index contributed by atoms with van der Waals surface area (Å²) in [5, 5.41) is 10.2. The molecule has 24 heavy (non-hydrogen) atoms. The minimum atomic E-state index is -2.27. The van der Waals surface area contributed by atoms with Crippen molar-refractivity contribution in [3.8, 4) is 0 Å². The Morgan fingerprint density at radius 3 is 3.00 bits per heavy atom. The fourth-order valence-electron chi connectivity index (χ4n) is 2.55. The topological polar surface area (TPSA) is 125 Å². The molecule has 1 aliphatic heterocycles. The largest absolute Gasteiger partial charge is 0.390 e. The lowest BCUT2D eigenvalue weighted by atomic mass is 10.2. The molecule has 1 saturated heterocycles. The van der Waals surface area contributed by atoms with Crippen molar-refractivity contribution in [3.63, 3.8) is 0 Å². The summed E-state index contributed by atoms with van der Waals surface area (Å²) < 4.78 is 24.6. The Balaban J connectivity index is 1.74. The van der Waals surface area contributed by atoms with Crippen LogP contribution in [0.15, 0.2) is 6.33 Å². The van der Waals surface area contributed by atoms with Gasteiger partial charge in [0.05, 0.1) is 25.4 Å². The van der Waals surface area contributed by atoms with Crippen molar-refractivity contribution in [2.24, 2.45) is 0 Å². The molecule has 0 spiro atoms. The van der Waals surface area contributed by atoms with Crippen LogP contribution in [0.5, 0.6) is 0 Å². The molecule has 0 unspecified atom stereocenters. The number of halogens is 1. The molecule has 1 aliphatic rings. The first-order valence-electron chi connectivity index (χ1n) is 7.35. The number of nitrogen functional groups attached to an aromatic ring is 1. The third-order valence-electron chi connectivity index (χ3n) is 3.62. The summed E-state index contributed by atoms with van der Waals surface area (Å²) in [6, 6.07) is 0. The van der Waals surface area contributed by atoms with Gasteiger partial charge in [-0.2, -0.15) is 9.97 Å². The maximum atomic E-state index is 11.7. The summed E-state index contributed by atoms with van der Waals surface area (Å²) in [5.74, 6) is 0.184. The number of aliphatic hydroxyl groups excluding tert-OH is 1.